The van der Waals surface area contributed by atoms with Crippen LogP contribution in [0.15, 0.2) is 76.0 Å². The zero-order chi connectivity index (χ0) is 20.4. The second-order valence-electron chi connectivity index (χ2n) is 7.15. The molecule has 1 aromatic heterocycles. The van der Waals surface area contributed by atoms with Gasteiger partial charge in [-0.15, -0.1) is 0 Å². The molecule has 1 heterocycles. The van der Waals surface area contributed by atoms with Gasteiger partial charge >= 0.3 is 0 Å². The number of hydrogen-bond donors (Lipinski definition) is 1. The molecule has 0 atom stereocenters. The van der Waals surface area contributed by atoms with Gasteiger partial charge < -0.3 is 9.88 Å². The van der Waals surface area contributed by atoms with Gasteiger partial charge in [0.25, 0.3) is 0 Å². The van der Waals surface area contributed by atoms with E-state index in [-0.39, 0.29) is 11.3 Å². The molecule has 1 N–H and O–H groups in total. The van der Waals surface area contributed by atoms with Gasteiger partial charge in [-0.25, -0.2) is 0 Å². The molecule has 5 heteroatoms. The lowest BCUT2D eigenvalue weighted by Crippen LogP contribution is -2.15. The number of rotatable bonds is 5. The third kappa shape index (κ3) is 3.96. The number of benzene rings is 3. The summed E-state index contributed by atoms with van der Waals surface area (Å²) in [5.74, 6) is -0.0239. The second kappa shape index (κ2) is 8.21. The molecule has 0 radical (unpaired) electrons. The van der Waals surface area contributed by atoms with Gasteiger partial charge in [-0.1, -0.05) is 30.3 Å². The van der Waals surface area contributed by atoms with E-state index in [1.165, 1.54) is 0 Å². The van der Waals surface area contributed by atoms with Crippen LogP contribution in [0.25, 0.3) is 21.8 Å². The van der Waals surface area contributed by atoms with E-state index in [1.807, 2.05) is 73.7 Å². The van der Waals surface area contributed by atoms with Crippen LogP contribution in [0, 0.1) is 6.92 Å². The van der Waals surface area contributed by atoms with Crippen LogP contribution in [0.2, 0.25) is 0 Å². The molecule has 0 spiro atoms. The zero-order valence-corrected chi connectivity index (χ0v) is 17.7. The third-order valence-electron chi connectivity index (χ3n) is 5.06. The minimum absolute atomic E-state index is 0.0239. The summed E-state index contributed by atoms with van der Waals surface area (Å²) in [7, 11) is 0. The van der Waals surface area contributed by atoms with Crippen LogP contribution in [0.4, 0.5) is 5.69 Å². The Morgan fingerprint density at radius 2 is 1.59 bits per heavy atom. The van der Waals surface area contributed by atoms with Crippen molar-refractivity contribution in [2.24, 2.45) is 0 Å². The van der Waals surface area contributed by atoms with Crippen molar-refractivity contribution in [1.29, 1.82) is 0 Å². The van der Waals surface area contributed by atoms with Crippen LogP contribution in [0.3, 0.4) is 0 Å². The summed E-state index contributed by atoms with van der Waals surface area (Å²) in [5.41, 5.74) is 3.76. The lowest BCUT2D eigenvalue weighted by atomic mass is 10.1. The molecule has 29 heavy (non-hydrogen) atoms. The Labute approximate surface area is 177 Å². The van der Waals surface area contributed by atoms with Crippen molar-refractivity contribution < 1.29 is 4.79 Å². The number of fused-ring (bicyclic) bond motifs is 2. The van der Waals surface area contributed by atoms with Gasteiger partial charge in [0.15, 0.2) is 5.43 Å². The molecule has 4 aromatic rings. The maximum atomic E-state index is 12.8. The van der Waals surface area contributed by atoms with E-state index < -0.39 is 0 Å². The Morgan fingerprint density at radius 3 is 2.21 bits per heavy atom. The van der Waals surface area contributed by atoms with E-state index in [0.717, 1.165) is 26.8 Å². The molecule has 1 amide bonds. The van der Waals surface area contributed by atoms with Crippen LogP contribution in [0.5, 0.6) is 0 Å². The van der Waals surface area contributed by atoms with Gasteiger partial charge in [-0.05, 0) is 71.2 Å². The van der Waals surface area contributed by atoms with E-state index in [1.54, 1.807) is 0 Å². The summed E-state index contributed by atoms with van der Waals surface area (Å²) in [5, 5.41) is 4.38. The fourth-order valence-corrected chi connectivity index (χ4v) is 4.24. The molecular formula is C24H21BrN2O2. The minimum Gasteiger partial charge on any atom is -0.340 e. The number of aromatic nitrogens is 1. The van der Waals surface area contributed by atoms with Crippen molar-refractivity contribution in [2.45, 2.75) is 26.3 Å². The van der Waals surface area contributed by atoms with Gasteiger partial charge in [-0.3, -0.25) is 9.59 Å². The summed E-state index contributed by atoms with van der Waals surface area (Å²) in [4.78, 5) is 25.2. The Hall–Kier alpha value is -2.92. The van der Waals surface area contributed by atoms with Gasteiger partial charge in [0, 0.05) is 28.2 Å². The number of anilines is 1. The van der Waals surface area contributed by atoms with Crippen LogP contribution in [0.1, 0.15) is 18.4 Å². The fraction of sp³-hybridized carbons (Fsp3) is 0.167. The first-order valence-electron chi connectivity index (χ1n) is 9.61. The monoisotopic (exact) mass is 448 g/mol. The number of hydrogen-bond acceptors (Lipinski definition) is 2. The van der Waals surface area contributed by atoms with Gasteiger partial charge in [-0.2, -0.15) is 0 Å². The normalized spacial score (nSPS) is 11.1. The number of nitrogens with one attached hydrogen (secondary N) is 1. The zero-order valence-electron chi connectivity index (χ0n) is 16.1. The van der Waals surface area contributed by atoms with E-state index in [9.17, 15) is 9.59 Å². The molecular weight excluding hydrogens is 428 g/mol. The lowest BCUT2D eigenvalue weighted by Gasteiger charge is -2.15. The number of carbonyl (C=O) groups is 1. The molecule has 4 nitrogen and oxygen atoms in total. The van der Waals surface area contributed by atoms with E-state index >= 15 is 0 Å². The van der Waals surface area contributed by atoms with Gasteiger partial charge in [0.1, 0.15) is 0 Å². The average molecular weight is 449 g/mol. The number of pyridine rings is 1. The van der Waals surface area contributed by atoms with Crippen LogP contribution < -0.4 is 10.7 Å². The summed E-state index contributed by atoms with van der Waals surface area (Å²) in [6.45, 7) is 2.67. The predicted octanol–water partition coefficient (Wildman–Crippen LogP) is 5.64. The summed E-state index contributed by atoms with van der Waals surface area (Å²) in [6.07, 6.45) is 1.07. The molecule has 0 unspecified atom stereocenters. The number of amides is 1. The van der Waals surface area contributed by atoms with Crippen molar-refractivity contribution in [3.05, 3.63) is 87.0 Å². The number of halogens is 1. The van der Waals surface area contributed by atoms with Crippen LogP contribution >= 0.6 is 15.9 Å². The Kier molecular flexibility index (Phi) is 5.49. The van der Waals surface area contributed by atoms with Crippen molar-refractivity contribution in [1.82, 2.24) is 4.57 Å². The van der Waals surface area contributed by atoms with Crippen molar-refractivity contribution in [2.75, 3.05) is 5.32 Å². The maximum absolute atomic E-state index is 12.8. The standard InChI is InChI=1S/C24H21BrN2O2/c1-16-12-13-20(19(25)15-16)26-23(28)11-6-14-27-21-9-4-2-7-17(21)24(29)18-8-3-5-10-22(18)27/h2-5,7-10,12-13,15H,6,11,14H2,1H3,(H,26,28). The molecule has 3 aromatic carbocycles. The molecule has 0 fully saturated rings. The van der Waals surface area contributed by atoms with E-state index in [2.05, 4.69) is 25.8 Å². The molecule has 0 aliphatic rings. The first-order valence-corrected chi connectivity index (χ1v) is 10.4. The Bertz CT molecular complexity index is 1220. The highest BCUT2D eigenvalue weighted by molar-refractivity contribution is 9.10. The van der Waals surface area contributed by atoms with Crippen LogP contribution in [-0.4, -0.2) is 10.5 Å². The quantitative estimate of drug-likeness (QED) is 0.401. The van der Waals surface area contributed by atoms with Gasteiger partial charge in [0.05, 0.1) is 16.7 Å². The third-order valence-corrected chi connectivity index (χ3v) is 5.72. The van der Waals surface area contributed by atoms with Gasteiger partial charge in [0.2, 0.25) is 5.91 Å². The fourth-order valence-electron chi connectivity index (χ4n) is 3.65. The topological polar surface area (TPSA) is 51.1 Å². The highest BCUT2D eigenvalue weighted by atomic mass is 79.9. The lowest BCUT2D eigenvalue weighted by molar-refractivity contribution is -0.116. The largest absolute Gasteiger partial charge is 0.340 e. The number of aryl methyl sites for hydroxylation is 2. The molecule has 0 aliphatic heterocycles. The van der Waals surface area contributed by atoms with E-state index in [4.69, 9.17) is 0 Å². The van der Waals surface area contributed by atoms with Crippen LogP contribution in [-0.2, 0) is 11.3 Å². The second-order valence-corrected chi connectivity index (χ2v) is 8.00. The Balaban J connectivity index is 1.56. The first-order chi connectivity index (χ1) is 14.0. The molecule has 0 aliphatic carbocycles. The highest BCUT2D eigenvalue weighted by Crippen LogP contribution is 2.24. The van der Waals surface area contributed by atoms with E-state index in [0.29, 0.717) is 30.2 Å². The Morgan fingerprint density at radius 1 is 0.966 bits per heavy atom. The average Bonchev–Trinajstić information content (AvgIpc) is 2.72. The molecule has 0 saturated heterocycles. The highest BCUT2D eigenvalue weighted by Gasteiger charge is 2.11. The summed E-state index contributed by atoms with van der Waals surface area (Å²) >= 11 is 3.49. The number of carbonyl (C=O) groups excluding carboxylic acids is 1. The molecule has 146 valence electrons. The predicted molar refractivity (Wildman–Crippen MR) is 122 cm³/mol. The summed E-state index contributed by atoms with van der Waals surface area (Å²) in [6, 6.07) is 21.2. The SMILES string of the molecule is Cc1ccc(NC(=O)CCCn2c3ccccc3c(=O)c3ccccc32)c(Br)c1. The first kappa shape index (κ1) is 19.4. The van der Waals surface area contributed by atoms with Crippen molar-refractivity contribution >= 4 is 49.3 Å². The molecule has 0 saturated carbocycles. The number of nitrogens with zero attached hydrogens (tertiary/aromatic N) is 1. The van der Waals surface area contributed by atoms with Crippen molar-refractivity contribution in [3.63, 3.8) is 0 Å². The molecule has 4 rings (SSSR count). The van der Waals surface area contributed by atoms with Crippen molar-refractivity contribution in [3.8, 4) is 0 Å². The summed E-state index contributed by atoms with van der Waals surface area (Å²) < 4.78 is 3.02. The maximum Gasteiger partial charge on any atom is 0.224 e. The smallest absolute Gasteiger partial charge is 0.224 e. The molecule has 0 bridgehead atoms. The minimum atomic E-state index is -0.0239. The number of para-hydroxylation sites is 2.